The lowest BCUT2D eigenvalue weighted by atomic mass is 10.1. The van der Waals surface area contributed by atoms with Crippen molar-refractivity contribution in [2.75, 3.05) is 18.5 Å². The maximum Gasteiger partial charge on any atom is 0.310 e. The Labute approximate surface area is 155 Å². The molecule has 1 amide bonds. The van der Waals surface area contributed by atoms with Gasteiger partial charge < -0.3 is 14.8 Å². The molecule has 0 saturated carbocycles. The van der Waals surface area contributed by atoms with Crippen molar-refractivity contribution >= 4 is 33.5 Å². The van der Waals surface area contributed by atoms with Crippen molar-refractivity contribution in [1.82, 2.24) is 0 Å². The van der Waals surface area contributed by atoms with Crippen LogP contribution in [-0.4, -0.2) is 25.1 Å². The smallest absolute Gasteiger partial charge is 0.310 e. The summed E-state index contributed by atoms with van der Waals surface area (Å²) in [4.78, 5) is 23.7. The van der Waals surface area contributed by atoms with Crippen molar-refractivity contribution in [3.8, 4) is 5.75 Å². The molecule has 5 nitrogen and oxygen atoms in total. The minimum absolute atomic E-state index is 0.105. The van der Waals surface area contributed by atoms with E-state index in [1.807, 2.05) is 26.0 Å². The predicted octanol–water partition coefficient (Wildman–Crippen LogP) is 3.88. The van der Waals surface area contributed by atoms with Gasteiger partial charge >= 0.3 is 5.97 Å². The number of amides is 1. The Balaban J connectivity index is 1.79. The zero-order valence-electron chi connectivity index (χ0n) is 14.2. The Morgan fingerprint density at radius 2 is 1.84 bits per heavy atom. The Hall–Kier alpha value is -2.34. The monoisotopic (exact) mass is 405 g/mol. The second-order valence-electron chi connectivity index (χ2n) is 5.45. The number of anilines is 1. The molecular formula is C19H20BrNO4. The standard InChI is InChI=1S/C19H20BrNO4/c1-3-24-15-7-5-14(6-8-15)11-19(23)25-12-18(22)21-17-9-4-13(2)10-16(17)20/h4-10H,3,11-12H2,1-2H3,(H,21,22). The predicted molar refractivity (Wildman–Crippen MR) is 99.8 cm³/mol. The van der Waals surface area contributed by atoms with Crippen LogP contribution in [0.15, 0.2) is 46.9 Å². The van der Waals surface area contributed by atoms with Crippen LogP contribution in [0.3, 0.4) is 0 Å². The minimum Gasteiger partial charge on any atom is -0.494 e. The third-order valence-corrected chi connectivity index (χ3v) is 4.00. The zero-order valence-corrected chi connectivity index (χ0v) is 15.8. The first-order chi connectivity index (χ1) is 12.0. The number of halogens is 1. The first-order valence-electron chi connectivity index (χ1n) is 7.91. The molecule has 0 heterocycles. The SMILES string of the molecule is CCOc1ccc(CC(=O)OCC(=O)Nc2ccc(C)cc2Br)cc1. The number of nitrogens with one attached hydrogen (secondary N) is 1. The first kappa shape index (κ1) is 19.0. The number of esters is 1. The van der Waals surface area contributed by atoms with Gasteiger partial charge in [0.2, 0.25) is 0 Å². The second-order valence-corrected chi connectivity index (χ2v) is 6.30. The highest BCUT2D eigenvalue weighted by Crippen LogP contribution is 2.23. The summed E-state index contributed by atoms with van der Waals surface area (Å²) >= 11 is 3.38. The van der Waals surface area contributed by atoms with Gasteiger partial charge in [-0.3, -0.25) is 9.59 Å². The van der Waals surface area contributed by atoms with E-state index in [9.17, 15) is 9.59 Å². The van der Waals surface area contributed by atoms with Crippen molar-refractivity contribution in [2.24, 2.45) is 0 Å². The fourth-order valence-electron chi connectivity index (χ4n) is 2.14. The lowest BCUT2D eigenvalue weighted by Gasteiger charge is -2.09. The molecular weight excluding hydrogens is 386 g/mol. The lowest BCUT2D eigenvalue weighted by Crippen LogP contribution is -2.21. The third kappa shape index (κ3) is 6.23. The van der Waals surface area contributed by atoms with Gasteiger partial charge in [0.25, 0.3) is 5.91 Å². The maximum absolute atomic E-state index is 11.9. The van der Waals surface area contributed by atoms with Gasteiger partial charge in [-0.1, -0.05) is 18.2 Å². The van der Waals surface area contributed by atoms with E-state index in [4.69, 9.17) is 9.47 Å². The van der Waals surface area contributed by atoms with Gasteiger partial charge in [0, 0.05) is 4.47 Å². The minimum atomic E-state index is -0.456. The molecule has 2 aromatic carbocycles. The molecule has 25 heavy (non-hydrogen) atoms. The van der Waals surface area contributed by atoms with E-state index in [-0.39, 0.29) is 18.9 Å². The number of benzene rings is 2. The summed E-state index contributed by atoms with van der Waals surface area (Å²) in [6.45, 7) is 4.13. The molecule has 0 aliphatic heterocycles. The van der Waals surface area contributed by atoms with Crippen LogP contribution in [0.1, 0.15) is 18.1 Å². The summed E-state index contributed by atoms with van der Waals surface area (Å²) in [5.74, 6) is -0.0884. The van der Waals surface area contributed by atoms with Gasteiger partial charge in [-0.15, -0.1) is 0 Å². The summed E-state index contributed by atoms with van der Waals surface area (Å²) < 4.78 is 11.1. The van der Waals surface area contributed by atoms with Gasteiger partial charge in [0.15, 0.2) is 6.61 Å². The number of hydrogen-bond donors (Lipinski definition) is 1. The van der Waals surface area contributed by atoms with Gasteiger partial charge in [0.1, 0.15) is 5.75 Å². The van der Waals surface area contributed by atoms with Crippen molar-refractivity contribution in [3.05, 3.63) is 58.1 Å². The average molecular weight is 406 g/mol. The summed E-state index contributed by atoms with van der Waals surface area (Å²) in [7, 11) is 0. The lowest BCUT2D eigenvalue weighted by molar-refractivity contribution is -0.146. The molecule has 0 fully saturated rings. The van der Waals surface area contributed by atoms with E-state index in [0.29, 0.717) is 12.3 Å². The Kier molecular flexibility index (Phi) is 7.01. The molecule has 2 rings (SSSR count). The molecule has 0 aromatic heterocycles. The van der Waals surface area contributed by atoms with Crippen LogP contribution in [0.4, 0.5) is 5.69 Å². The summed E-state index contributed by atoms with van der Waals surface area (Å²) in [6, 6.07) is 12.8. The van der Waals surface area contributed by atoms with Crippen LogP contribution in [0.25, 0.3) is 0 Å². The number of ether oxygens (including phenoxy) is 2. The highest BCUT2D eigenvalue weighted by molar-refractivity contribution is 9.10. The quantitative estimate of drug-likeness (QED) is 0.709. The number of carbonyl (C=O) groups is 2. The highest BCUT2D eigenvalue weighted by atomic mass is 79.9. The molecule has 0 atom stereocenters. The fraction of sp³-hybridized carbons (Fsp3) is 0.263. The van der Waals surface area contributed by atoms with E-state index in [1.54, 1.807) is 30.3 Å². The number of carbonyl (C=O) groups excluding carboxylic acids is 2. The molecule has 1 N–H and O–H groups in total. The van der Waals surface area contributed by atoms with Crippen LogP contribution in [-0.2, 0) is 20.7 Å². The molecule has 132 valence electrons. The zero-order chi connectivity index (χ0) is 18.2. The van der Waals surface area contributed by atoms with Crippen LogP contribution >= 0.6 is 15.9 Å². The third-order valence-electron chi connectivity index (χ3n) is 3.35. The molecule has 6 heteroatoms. The van der Waals surface area contributed by atoms with E-state index < -0.39 is 5.97 Å². The largest absolute Gasteiger partial charge is 0.494 e. The van der Waals surface area contributed by atoms with Gasteiger partial charge in [-0.25, -0.2) is 0 Å². The Morgan fingerprint density at radius 1 is 1.12 bits per heavy atom. The fourth-order valence-corrected chi connectivity index (χ4v) is 2.73. The van der Waals surface area contributed by atoms with Crippen LogP contribution in [0.5, 0.6) is 5.75 Å². The first-order valence-corrected chi connectivity index (χ1v) is 8.70. The summed E-state index contributed by atoms with van der Waals surface area (Å²) in [5.41, 5.74) is 2.51. The van der Waals surface area contributed by atoms with Crippen LogP contribution in [0, 0.1) is 6.92 Å². The van der Waals surface area contributed by atoms with E-state index in [1.165, 1.54) is 0 Å². The molecule has 0 unspecified atom stereocenters. The van der Waals surface area contributed by atoms with Gasteiger partial charge in [-0.05, 0) is 65.2 Å². The molecule has 0 radical (unpaired) electrons. The molecule has 2 aromatic rings. The molecule has 0 aliphatic rings. The second kappa shape index (κ2) is 9.22. The van der Waals surface area contributed by atoms with Crippen molar-refractivity contribution in [3.63, 3.8) is 0 Å². The van der Waals surface area contributed by atoms with Gasteiger partial charge in [-0.2, -0.15) is 0 Å². The number of hydrogen-bond acceptors (Lipinski definition) is 4. The topological polar surface area (TPSA) is 64.6 Å². The van der Waals surface area contributed by atoms with Gasteiger partial charge in [0.05, 0.1) is 18.7 Å². The van der Waals surface area contributed by atoms with E-state index in [2.05, 4.69) is 21.2 Å². The highest BCUT2D eigenvalue weighted by Gasteiger charge is 2.10. The van der Waals surface area contributed by atoms with Crippen molar-refractivity contribution in [1.29, 1.82) is 0 Å². The summed E-state index contributed by atoms with van der Waals surface area (Å²) in [5, 5.41) is 2.70. The summed E-state index contributed by atoms with van der Waals surface area (Å²) in [6.07, 6.45) is 0.105. The molecule has 0 aliphatic carbocycles. The van der Waals surface area contributed by atoms with Crippen molar-refractivity contribution < 1.29 is 19.1 Å². The maximum atomic E-state index is 11.9. The number of rotatable bonds is 7. The van der Waals surface area contributed by atoms with E-state index >= 15 is 0 Å². The normalized spacial score (nSPS) is 10.2. The van der Waals surface area contributed by atoms with Crippen LogP contribution in [0.2, 0.25) is 0 Å². The van der Waals surface area contributed by atoms with Crippen molar-refractivity contribution in [2.45, 2.75) is 20.3 Å². The Morgan fingerprint density at radius 3 is 2.48 bits per heavy atom. The average Bonchev–Trinajstić information content (AvgIpc) is 2.58. The Bertz CT molecular complexity index is 744. The van der Waals surface area contributed by atoms with Crippen LogP contribution < -0.4 is 10.1 Å². The molecule has 0 spiro atoms. The van der Waals surface area contributed by atoms with E-state index in [0.717, 1.165) is 21.3 Å². The molecule has 0 bridgehead atoms. The number of aryl methyl sites for hydroxylation is 1. The molecule has 0 saturated heterocycles.